The van der Waals surface area contributed by atoms with Crippen LogP contribution in [0.2, 0.25) is 0 Å². The molecule has 84 valence electrons. The highest BCUT2D eigenvalue weighted by molar-refractivity contribution is 5.67. The van der Waals surface area contributed by atoms with E-state index in [1.807, 2.05) is 0 Å². The van der Waals surface area contributed by atoms with Crippen LogP contribution in [0.15, 0.2) is 12.3 Å². The van der Waals surface area contributed by atoms with Gasteiger partial charge in [0.05, 0.1) is 12.5 Å². The SMILES string of the molecule is CC(CC(=O)O)n1nnnc1-c1ccn[nH]1. The van der Waals surface area contributed by atoms with E-state index in [1.165, 1.54) is 4.68 Å². The summed E-state index contributed by atoms with van der Waals surface area (Å²) in [5.74, 6) is -0.412. The highest BCUT2D eigenvalue weighted by Gasteiger charge is 2.17. The maximum Gasteiger partial charge on any atom is 0.305 e. The standard InChI is InChI=1S/C8H10N6O2/c1-5(4-7(15)16)14-8(11-12-13-14)6-2-3-9-10-6/h2-3,5H,4H2,1H3,(H,9,10)(H,15,16). The van der Waals surface area contributed by atoms with E-state index in [0.717, 1.165) is 0 Å². The maximum absolute atomic E-state index is 10.6. The van der Waals surface area contributed by atoms with Crippen LogP contribution < -0.4 is 0 Å². The van der Waals surface area contributed by atoms with Gasteiger partial charge in [0.1, 0.15) is 5.69 Å². The van der Waals surface area contributed by atoms with Crippen LogP contribution in [0.1, 0.15) is 19.4 Å². The summed E-state index contributed by atoms with van der Waals surface area (Å²) < 4.78 is 1.46. The summed E-state index contributed by atoms with van der Waals surface area (Å²) in [5.41, 5.74) is 0.655. The number of tetrazole rings is 1. The minimum absolute atomic E-state index is 0.0355. The van der Waals surface area contributed by atoms with Crippen LogP contribution >= 0.6 is 0 Å². The molecule has 2 heterocycles. The Hall–Kier alpha value is -2.25. The van der Waals surface area contributed by atoms with Crippen molar-refractivity contribution in [1.29, 1.82) is 0 Å². The number of carboxylic acid groups (broad SMARTS) is 1. The van der Waals surface area contributed by atoms with Crippen molar-refractivity contribution in [2.24, 2.45) is 0 Å². The van der Waals surface area contributed by atoms with Gasteiger partial charge in [-0.1, -0.05) is 0 Å². The molecule has 16 heavy (non-hydrogen) atoms. The zero-order valence-corrected chi connectivity index (χ0v) is 8.53. The highest BCUT2D eigenvalue weighted by atomic mass is 16.4. The van der Waals surface area contributed by atoms with E-state index in [9.17, 15) is 4.79 Å². The largest absolute Gasteiger partial charge is 0.481 e. The molecule has 2 N–H and O–H groups in total. The lowest BCUT2D eigenvalue weighted by Gasteiger charge is -2.09. The minimum atomic E-state index is -0.890. The molecule has 8 heteroatoms. The quantitative estimate of drug-likeness (QED) is 0.759. The van der Waals surface area contributed by atoms with Gasteiger partial charge in [-0.2, -0.15) is 5.10 Å². The molecule has 0 aliphatic heterocycles. The molecular formula is C8H10N6O2. The third kappa shape index (κ3) is 1.90. The Kier molecular flexibility index (Phi) is 2.63. The molecule has 0 radical (unpaired) electrons. The molecule has 0 fully saturated rings. The number of carboxylic acids is 1. The van der Waals surface area contributed by atoms with E-state index in [4.69, 9.17) is 5.11 Å². The van der Waals surface area contributed by atoms with Gasteiger partial charge in [0, 0.05) is 6.20 Å². The molecule has 1 unspecified atom stereocenters. The lowest BCUT2D eigenvalue weighted by atomic mass is 10.2. The predicted octanol–water partition coefficient (Wildman–Crippen LogP) is 0.0989. The average Bonchev–Trinajstić information content (AvgIpc) is 2.87. The summed E-state index contributed by atoms with van der Waals surface area (Å²) in [5, 5.41) is 26.3. The zero-order valence-electron chi connectivity index (χ0n) is 8.53. The zero-order chi connectivity index (χ0) is 11.5. The summed E-state index contributed by atoms with van der Waals surface area (Å²) in [6.45, 7) is 1.74. The first kappa shape index (κ1) is 10.3. The summed E-state index contributed by atoms with van der Waals surface area (Å²) in [7, 11) is 0. The average molecular weight is 222 g/mol. The fourth-order valence-corrected chi connectivity index (χ4v) is 1.39. The van der Waals surface area contributed by atoms with E-state index in [-0.39, 0.29) is 12.5 Å². The molecule has 2 rings (SSSR count). The Balaban J connectivity index is 2.29. The third-order valence-electron chi connectivity index (χ3n) is 2.12. The molecule has 0 spiro atoms. The number of hydrogen-bond acceptors (Lipinski definition) is 5. The molecule has 0 aliphatic carbocycles. The molecule has 2 aromatic heterocycles. The molecule has 1 atom stereocenters. The van der Waals surface area contributed by atoms with Gasteiger partial charge in [0.15, 0.2) is 5.82 Å². The van der Waals surface area contributed by atoms with Crippen LogP contribution in [0.25, 0.3) is 11.5 Å². The molecule has 0 saturated carbocycles. The minimum Gasteiger partial charge on any atom is -0.481 e. The van der Waals surface area contributed by atoms with Gasteiger partial charge < -0.3 is 5.11 Å². The smallest absolute Gasteiger partial charge is 0.305 e. The molecular weight excluding hydrogens is 212 g/mol. The lowest BCUT2D eigenvalue weighted by Crippen LogP contribution is -2.13. The molecule has 0 aromatic carbocycles. The van der Waals surface area contributed by atoms with Crippen LogP contribution in [-0.4, -0.2) is 41.5 Å². The van der Waals surface area contributed by atoms with Crippen molar-refractivity contribution < 1.29 is 9.90 Å². The number of aliphatic carboxylic acids is 1. The highest BCUT2D eigenvalue weighted by Crippen LogP contribution is 2.17. The Labute approximate surface area is 90.3 Å². The topological polar surface area (TPSA) is 110 Å². The molecule has 0 amide bonds. The second-order valence-electron chi connectivity index (χ2n) is 3.36. The summed E-state index contributed by atoms with van der Waals surface area (Å²) in [4.78, 5) is 10.6. The summed E-state index contributed by atoms with van der Waals surface area (Å²) >= 11 is 0. The van der Waals surface area contributed by atoms with Crippen LogP contribution in [-0.2, 0) is 4.79 Å². The first-order chi connectivity index (χ1) is 7.68. The van der Waals surface area contributed by atoms with Gasteiger partial charge >= 0.3 is 5.97 Å². The molecule has 0 bridgehead atoms. The molecule has 2 aromatic rings. The summed E-state index contributed by atoms with van der Waals surface area (Å²) in [6.07, 6.45) is 1.54. The fraction of sp³-hybridized carbons (Fsp3) is 0.375. The number of aromatic amines is 1. The third-order valence-corrected chi connectivity index (χ3v) is 2.12. The normalized spacial score (nSPS) is 12.6. The first-order valence-corrected chi connectivity index (χ1v) is 4.68. The van der Waals surface area contributed by atoms with E-state index in [0.29, 0.717) is 11.5 Å². The molecule has 8 nitrogen and oxygen atoms in total. The number of rotatable bonds is 4. The summed E-state index contributed by atoms with van der Waals surface area (Å²) in [6, 6.07) is 1.40. The Morgan fingerprint density at radius 3 is 3.12 bits per heavy atom. The van der Waals surface area contributed by atoms with Crippen molar-refractivity contribution >= 4 is 5.97 Å². The Morgan fingerprint density at radius 2 is 2.50 bits per heavy atom. The molecule has 0 aliphatic rings. The van der Waals surface area contributed by atoms with Gasteiger partial charge in [-0.05, 0) is 23.4 Å². The predicted molar refractivity (Wildman–Crippen MR) is 52.4 cm³/mol. The van der Waals surface area contributed by atoms with Crippen molar-refractivity contribution in [3.63, 3.8) is 0 Å². The van der Waals surface area contributed by atoms with Crippen molar-refractivity contribution in [1.82, 2.24) is 30.4 Å². The van der Waals surface area contributed by atoms with Crippen LogP contribution in [0, 0.1) is 0 Å². The number of carbonyl (C=O) groups is 1. The number of H-pyrrole nitrogens is 1. The van der Waals surface area contributed by atoms with Gasteiger partial charge in [0.25, 0.3) is 0 Å². The van der Waals surface area contributed by atoms with Crippen LogP contribution in [0.5, 0.6) is 0 Å². The number of hydrogen-bond donors (Lipinski definition) is 2. The fourth-order valence-electron chi connectivity index (χ4n) is 1.39. The first-order valence-electron chi connectivity index (χ1n) is 4.68. The van der Waals surface area contributed by atoms with E-state index in [1.54, 1.807) is 19.2 Å². The van der Waals surface area contributed by atoms with Crippen molar-refractivity contribution in [3.05, 3.63) is 12.3 Å². The second kappa shape index (κ2) is 4.09. The van der Waals surface area contributed by atoms with Crippen LogP contribution in [0.3, 0.4) is 0 Å². The van der Waals surface area contributed by atoms with Gasteiger partial charge in [-0.25, -0.2) is 4.68 Å². The Morgan fingerprint density at radius 1 is 1.69 bits per heavy atom. The van der Waals surface area contributed by atoms with Crippen LogP contribution in [0.4, 0.5) is 0 Å². The lowest BCUT2D eigenvalue weighted by molar-refractivity contribution is -0.137. The van der Waals surface area contributed by atoms with E-state index < -0.39 is 5.97 Å². The van der Waals surface area contributed by atoms with Gasteiger partial charge in [0.2, 0.25) is 0 Å². The van der Waals surface area contributed by atoms with Crippen molar-refractivity contribution in [2.45, 2.75) is 19.4 Å². The Bertz CT molecular complexity index is 476. The second-order valence-corrected chi connectivity index (χ2v) is 3.36. The molecule has 0 saturated heterocycles. The number of aromatic nitrogens is 6. The number of nitrogens with zero attached hydrogens (tertiary/aromatic N) is 5. The van der Waals surface area contributed by atoms with E-state index >= 15 is 0 Å². The van der Waals surface area contributed by atoms with E-state index in [2.05, 4.69) is 25.7 Å². The van der Waals surface area contributed by atoms with Crippen molar-refractivity contribution in [3.8, 4) is 11.5 Å². The van der Waals surface area contributed by atoms with Crippen molar-refractivity contribution in [2.75, 3.05) is 0 Å². The monoisotopic (exact) mass is 222 g/mol. The maximum atomic E-state index is 10.6. The number of nitrogens with one attached hydrogen (secondary N) is 1. The van der Waals surface area contributed by atoms with Gasteiger partial charge in [-0.3, -0.25) is 9.89 Å². The van der Waals surface area contributed by atoms with Gasteiger partial charge in [-0.15, -0.1) is 5.10 Å².